The number of nitrogens with zero attached hydrogens (tertiary/aromatic N) is 2. The zero-order valence-electron chi connectivity index (χ0n) is 15.4. The highest BCUT2D eigenvalue weighted by atomic mass is 32.2. The fourth-order valence-electron chi connectivity index (χ4n) is 3.76. The van der Waals surface area contributed by atoms with Crippen molar-refractivity contribution in [2.24, 2.45) is 17.6 Å². The molecule has 0 radical (unpaired) electrons. The van der Waals surface area contributed by atoms with Gasteiger partial charge in [0.2, 0.25) is 11.8 Å². The molecule has 0 aromatic rings. The lowest BCUT2D eigenvalue weighted by molar-refractivity contribution is -0.134. The Morgan fingerprint density at radius 1 is 1.40 bits per heavy atom. The Balaban J connectivity index is 1.57. The molecule has 0 spiro atoms. The van der Waals surface area contributed by atoms with Crippen molar-refractivity contribution in [2.75, 3.05) is 25.4 Å². The van der Waals surface area contributed by atoms with Gasteiger partial charge in [-0.3, -0.25) is 14.9 Å². The van der Waals surface area contributed by atoms with E-state index in [1.54, 1.807) is 11.8 Å². The van der Waals surface area contributed by atoms with E-state index in [1.165, 1.54) is 12.8 Å². The maximum Gasteiger partial charge on any atom is 0.224 e. The first-order valence-electron chi connectivity index (χ1n) is 9.64. The SMILES string of the molecule is CC(C)C1CN(C(=O)CCC2CSC(N)N2)CCC(=O)N1CC1CC1. The molecule has 0 aromatic heterocycles. The smallest absolute Gasteiger partial charge is 0.224 e. The third-order valence-electron chi connectivity index (χ3n) is 5.58. The van der Waals surface area contributed by atoms with Crippen LogP contribution in [0.15, 0.2) is 0 Å². The molecular formula is C18H32N4O2S. The Bertz CT molecular complexity index is 497. The van der Waals surface area contributed by atoms with Gasteiger partial charge in [0.25, 0.3) is 0 Å². The molecule has 3 atom stereocenters. The summed E-state index contributed by atoms with van der Waals surface area (Å²) in [5, 5.41) is 3.30. The molecule has 7 heteroatoms. The summed E-state index contributed by atoms with van der Waals surface area (Å²) < 4.78 is 0. The van der Waals surface area contributed by atoms with Crippen molar-refractivity contribution >= 4 is 23.6 Å². The van der Waals surface area contributed by atoms with Gasteiger partial charge in [0.1, 0.15) is 5.50 Å². The highest BCUT2D eigenvalue weighted by Crippen LogP contribution is 2.32. The predicted octanol–water partition coefficient (Wildman–Crippen LogP) is 1.21. The molecule has 0 aromatic carbocycles. The minimum atomic E-state index is -0.00258. The van der Waals surface area contributed by atoms with Crippen molar-refractivity contribution < 1.29 is 9.59 Å². The summed E-state index contributed by atoms with van der Waals surface area (Å²) in [6, 6.07) is 0.470. The molecule has 6 nitrogen and oxygen atoms in total. The van der Waals surface area contributed by atoms with Gasteiger partial charge < -0.3 is 15.5 Å². The lowest BCUT2D eigenvalue weighted by Gasteiger charge is -2.35. The maximum absolute atomic E-state index is 12.7. The summed E-state index contributed by atoms with van der Waals surface area (Å²) in [4.78, 5) is 29.4. The largest absolute Gasteiger partial charge is 0.340 e. The van der Waals surface area contributed by atoms with E-state index in [-0.39, 0.29) is 23.4 Å². The molecule has 25 heavy (non-hydrogen) atoms. The van der Waals surface area contributed by atoms with Crippen molar-refractivity contribution in [3.63, 3.8) is 0 Å². The van der Waals surface area contributed by atoms with E-state index >= 15 is 0 Å². The molecule has 2 amide bonds. The van der Waals surface area contributed by atoms with Crippen molar-refractivity contribution in [1.29, 1.82) is 0 Å². The number of carbonyl (C=O) groups excluding carboxylic acids is 2. The van der Waals surface area contributed by atoms with Gasteiger partial charge in [-0.25, -0.2) is 0 Å². The average molecular weight is 369 g/mol. The van der Waals surface area contributed by atoms with Crippen molar-refractivity contribution in [1.82, 2.24) is 15.1 Å². The fourth-order valence-corrected chi connectivity index (χ4v) is 4.75. The van der Waals surface area contributed by atoms with E-state index in [9.17, 15) is 9.59 Å². The summed E-state index contributed by atoms with van der Waals surface area (Å²) in [7, 11) is 0. The van der Waals surface area contributed by atoms with E-state index in [0.717, 1.165) is 18.7 Å². The van der Waals surface area contributed by atoms with E-state index < -0.39 is 0 Å². The molecule has 0 bridgehead atoms. The van der Waals surface area contributed by atoms with E-state index in [4.69, 9.17) is 5.73 Å². The van der Waals surface area contributed by atoms with Gasteiger partial charge in [0.15, 0.2) is 0 Å². The Kier molecular flexibility index (Phi) is 6.28. The van der Waals surface area contributed by atoms with Crippen molar-refractivity contribution in [2.45, 2.75) is 63.5 Å². The molecule has 2 saturated heterocycles. The zero-order chi connectivity index (χ0) is 18.0. The fraction of sp³-hybridized carbons (Fsp3) is 0.889. The lowest BCUT2D eigenvalue weighted by Crippen LogP contribution is -2.48. The number of hydrogen-bond acceptors (Lipinski definition) is 5. The zero-order valence-corrected chi connectivity index (χ0v) is 16.3. The van der Waals surface area contributed by atoms with Crippen LogP contribution < -0.4 is 11.1 Å². The molecule has 3 N–H and O–H groups in total. The molecule has 2 heterocycles. The average Bonchev–Trinajstić information content (AvgIpc) is 3.32. The van der Waals surface area contributed by atoms with Gasteiger partial charge >= 0.3 is 0 Å². The summed E-state index contributed by atoms with van der Waals surface area (Å²) in [6.07, 6.45) is 4.30. The number of nitrogens with one attached hydrogen (secondary N) is 1. The molecule has 1 aliphatic carbocycles. The topological polar surface area (TPSA) is 78.7 Å². The third kappa shape index (κ3) is 5.11. The van der Waals surface area contributed by atoms with Crippen LogP contribution in [0.1, 0.15) is 46.0 Å². The number of thioether (sulfide) groups is 1. The van der Waals surface area contributed by atoms with Crippen LogP contribution in [0.25, 0.3) is 0 Å². The number of nitrogens with two attached hydrogens (primary N) is 1. The van der Waals surface area contributed by atoms with Gasteiger partial charge in [-0.1, -0.05) is 13.8 Å². The summed E-state index contributed by atoms with van der Waals surface area (Å²) >= 11 is 1.70. The van der Waals surface area contributed by atoms with Gasteiger partial charge in [-0.15, -0.1) is 11.8 Å². The quantitative estimate of drug-likeness (QED) is 0.737. The molecule has 3 rings (SSSR count). The van der Waals surface area contributed by atoms with Gasteiger partial charge in [0, 0.05) is 44.3 Å². The van der Waals surface area contributed by atoms with E-state index in [0.29, 0.717) is 43.8 Å². The second-order valence-corrected chi connectivity index (χ2v) is 9.22. The highest BCUT2D eigenvalue weighted by molar-refractivity contribution is 8.00. The monoisotopic (exact) mass is 368 g/mol. The van der Waals surface area contributed by atoms with Crippen LogP contribution in [0.3, 0.4) is 0 Å². The number of amides is 2. The predicted molar refractivity (Wildman–Crippen MR) is 101 cm³/mol. The Hall–Kier alpha value is -0.790. The van der Waals surface area contributed by atoms with E-state index in [1.807, 2.05) is 4.90 Å². The van der Waals surface area contributed by atoms with Crippen LogP contribution in [-0.4, -0.2) is 64.6 Å². The van der Waals surface area contributed by atoms with Crippen molar-refractivity contribution in [3.05, 3.63) is 0 Å². The molecule has 1 saturated carbocycles. The summed E-state index contributed by atoms with van der Waals surface area (Å²) in [5.74, 6) is 2.42. The number of carbonyl (C=O) groups is 2. The van der Waals surface area contributed by atoms with Gasteiger partial charge in [-0.05, 0) is 31.1 Å². The van der Waals surface area contributed by atoms with Crippen LogP contribution >= 0.6 is 11.8 Å². The van der Waals surface area contributed by atoms with Gasteiger partial charge in [0.05, 0.1) is 6.04 Å². The van der Waals surface area contributed by atoms with E-state index in [2.05, 4.69) is 24.1 Å². The van der Waals surface area contributed by atoms with Crippen LogP contribution in [0.2, 0.25) is 0 Å². The Morgan fingerprint density at radius 3 is 2.76 bits per heavy atom. The second kappa shape index (κ2) is 8.27. The van der Waals surface area contributed by atoms with Gasteiger partial charge in [-0.2, -0.15) is 0 Å². The minimum Gasteiger partial charge on any atom is -0.340 e. The maximum atomic E-state index is 12.7. The third-order valence-corrected chi connectivity index (χ3v) is 6.67. The van der Waals surface area contributed by atoms with Crippen LogP contribution in [-0.2, 0) is 9.59 Å². The molecule has 142 valence electrons. The Morgan fingerprint density at radius 2 is 2.16 bits per heavy atom. The van der Waals surface area contributed by atoms with Crippen LogP contribution in [0.4, 0.5) is 0 Å². The van der Waals surface area contributed by atoms with Crippen LogP contribution in [0, 0.1) is 11.8 Å². The molecular weight excluding hydrogens is 336 g/mol. The first-order chi connectivity index (χ1) is 11.9. The Labute approximate surface area is 155 Å². The highest BCUT2D eigenvalue weighted by Gasteiger charge is 2.36. The lowest BCUT2D eigenvalue weighted by atomic mass is 10.0. The standard InChI is InChI=1S/C18H32N4O2S/c1-12(2)15-10-21(8-7-17(24)22(15)9-13-3-4-13)16(23)6-5-14-11-25-18(19)20-14/h12-15,18,20H,3-11,19H2,1-2H3. The normalized spacial score (nSPS) is 30.9. The second-order valence-electron chi connectivity index (χ2n) is 8.05. The molecule has 2 aliphatic heterocycles. The summed E-state index contributed by atoms with van der Waals surface area (Å²) in [5.41, 5.74) is 5.83. The molecule has 3 aliphatic rings. The first kappa shape index (κ1) is 19.0. The molecule has 3 fully saturated rings. The van der Waals surface area contributed by atoms with Crippen LogP contribution in [0.5, 0.6) is 0 Å². The minimum absolute atomic E-state index is 0.00258. The van der Waals surface area contributed by atoms with Crippen molar-refractivity contribution in [3.8, 4) is 0 Å². The summed E-state index contributed by atoms with van der Waals surface area (Å²) in [6.45, 7) is 6.44. The molecule has 3 unspecified atom stereocenters. The first-order valence-corrected chi connectivity index (χ1v) is 10.7. The number of hydrogen-bond donors (Lipinski definition) is 2. The number of rotatable bonds is 6.